The van der Waals surface area contributed by atoms with Crippen molar-refractivity contribution in [1.29, 1.82) is 0 Å². The zero-order chi connectivity index (χ0) is 16.1. The number of nitrogens with one attached hydrogen (secondary N) is 1. The van der Waals surface area contributed by atoms with Gasteiger partial charge in [0.15, 0.2) is 9.84 Å². The van der Waals surface area contributed by atoms with E-state index in [1.807, 2.05) is 6.92 Å². The Kier molecular flexibility index (Phi) is 7.14. The summed E-state index contributed by atoms with van der Waals surface area (Å²) in [6, 6.07) is 0.0979. The molecule has 0 heterocycles. The topological polar surface area (TPSA) is 55.4 Å². The van der Waals surface area contributed by atoms with E-state index < -0.39 is 9.84 Å². The van der Waals surface area contributed by atoms with Crippen LogP contribution in [0.1, 0.15) is 53.4 Å². The van der Waals surface area contributed by atoms with Crippen molar-refractivity contribution in [3.63, 3.8) is 0 Å². The van der Waals surface area contributed by atoms with Crippen LogP contribution in [0, 0.1) is 11.3 Å². The van der Waals surface area contributed by atoms with Gasteiger partial charge in [0.05, 0.1) is 17.6 Å². The molecule has 1 rings (SSSR count). The van der Waals surface area contributed by atoms with E-state index in [2.05, 4.69) is 26.1 Å². The Morgan fingerprint density at radius 3 is 2.43 bits per heavy atom. The van der Waals surface area contributed by atoms with Crippen LogP contribution in [0.5, 0.6) is 0 Å². The minimum atomic E-state index is -3.11. The van der Waals surface area contributed by atoms with E-state index in [-0.39, 0.29) is 22.5 Å². The largest absolute Gasteiger partial charge is 0.384 e. The molecule has 3 atom stereocenters. The molecular formula is C16H33NO3S. The normalized spacial score (nSPS) is 27.8. The van der Waals surface area contributed by atoms with E-state index in [9.17, 15) is 8.42 Å². The van der Waals surface area contributed by atoms with Gasteiger partial charge in [0.1, 0.15) is 0 Å². The molecule has 126 valence electrons. The van der Waals surface area contributed by atoms with Crippen molar-refractivity contribution >= 4 is 9.84 Å². The highest BCUT2D eigenvalue weighted by Gasteiger charge is 2.42. The fraction of sp³-hybridized carbons (Fsp3) is 1.00. The van der Waals surface area contributed by atoms with Crippen molar-refractivity contribution in [2.75, 3.05) is 26.0 Å². The molecule has 0 spiro atoms. The Labute approximate surface area is 130 Å². The highest BCUT2D eigenvalue weighted by molar-refractivity contribution is 7.92. The van der Waals surface area contributed by atoms with Crippen molar-refractivity contribution in [1.82, 2.24) is 5.32 Å². The SMILES string of the molecule is CCNC1CCC(C(C)(C)CC)CC1S(=O)(=O)CCOC. The standard InChI is InChI=1S/C16H33NO3S/c1-6-16(3,4)13-8-9-14(17-7-2)15(12-13)21(18,19)11-10-20-5/h13-15,17H,6-12H2,1-5H3. The lowest BCUT2D eigenvalue weighted by atomic mass is 9.68. The number of ether oxygens (including phenoxy) is 1. The highest BCUT2D eigenvalue weighted by Crippen LogP contribution is 2.42. The first kappa shape index (κ1) is 18.9. The second-order valence-electron chi connectivity index (χ2n) is 6.91. The van der Waals surface area contributed by atoms with Gasteiger partial charge in [-0.15, -0.1) is 0 Å². The van der Waals surface area contributed by atoms with Crippen molar-refractivity contribution in [2.24, 2.45) is 11.3 Å². The van der Waals surface area contributed by atoms with Gasteiger partial charge in [-0.3, -0.25) is 0 Å². The molecule has 1 saturated carbocycles. The monoisotopic (exact) mass is 319 g/mol. The van der Waals surface area contributed by atoms with E-state index in [1.54, 1.807) is 7.11 Å². The molecule has 0 radical (unpaired) electrons. The van der Waals surface area contributed by atoms with Gasteiger partial charge in [0, 0.05) is 13.2 Å². The minimum absolute atomic E-state index is 0.0979. The summed E-state index contributed by atoms with van der Waals surface area (Å²) in [5.74, 6) is 0.620. The molecule has 3 unspecified atom stereocenters. The van der Waals surface area contributed by atoms with Gasteiger partial charge in [0.2, 0.25) is 0 Å². The van der Waals surface area contributed by atoms with Crippen LogP contribution in [-0.2, 0) is 14.6 Å². The third-order valence-electron chi connectivity index (χ3n) is 5.31. The second-order valence-corrected chi connectivity index (χ2v) is 9.25. The fourth-order valence-electron chi connectivity index (χ4n) is 3.37. The third-order valence-corrected chi connectivity index (χ3v) is 7.49. The summed E-state index contributed by atoms with van der Waals surface area (Å²) in [4.78, 5) is 0. The molecule has 0 saturated heterocycles. The van der Waals surface area contributed by atoms with Gasteiger partial charge in [-0.25, -0.2) is 8.42 Å². The first-order valence-corrected chi connectivity index (χ1v) is 9.94. The maximum absolute atomic E-state index is 12.7. The van der Waals surface area contributed by atoms with Crippen LogP contribution in [0.25, 0.3) is 0 Å². The molecule has 0 amide bonds. The summed E-state index contributed by atoms with van der Waals surface area (Å²) >= 11 is 0. The Hall–Kier alpha value is -0.130. The van der Waals surface area contributed by atoms with Crippen LogP contribution in [0.4, 0.5) is 0 Å². The summed E-state index contributed by atoms with van der Waals surface area (Å²) < 4.78 is 30.3. The van der Waals surface area contributed by atoms with Crippen molar-refractivity contribution in [3.05, 3.63) is 0 Å². The summed E-state index contributed by atoms with van der Waals surface area (Å²) in [6.07, 6.45) is 3.95. The van der Waals surface area contributed by atoms with Crippen molar-refractivity contribution in [3.8, 4) is 0 Å². The van der Waals surface area contributed by atoms with Crippen LogP contribution in [-0.4, -0.2) is 45.7 Å². The van der Waals surface area contributed by atoms with Crippen LogP contribution in [0.2, 0.25) is 0 Å². The molecule has 1 fully saturated rings. The molecule has 0 bridgehead atoms. The molecule has 21 heavy (non-hydrogen) atoms. The summed E-state index contributed by atoms with van der Waals surface area (Å²) in [7, 11) is -1.55. The van der Waals surface area contributed by atoms with Gasteiger partial charge in [-0.1, -0.05) is 34.1 Å². The Balaban J connectivity index is 2.91. The molecule has 0 aromatic rings. The zero-order valence-corrected chi connectivity index (χ0v) is 15.1. The summed E-state index contributed by atoms with van der Waals surface area (Å²) in [5, 5.41) is 3.12. The molecule has 0 aromatic heterocycles. The first-order chi connectivity index (χ1) is 9.78. The van der Waals surface area contributed by atoms with E-state index >= 15 is 0 Å². The number of methoxy groups -OCH3 is 1. The van der Waals surface area contributed by atoms with Crippen LogP contribution < -0.4 is 5.32 Å². The smallest absolute Gasteiger partial charge is 0.156 e. The number of rotatable bonds is 8. The number of hydrogen-bond acceptors (Lipinski definition) is 4. The molecule has 1 aliphatic rings. The van der Waals surface area contributed by atoms with Crippen LogP contribution in [0.15, 0.2) is 0 Å². The molecule has 0 aromatic carbocycles. The Bertz CT molecular complexity index is 406. The van der Waals surface area contributed by atoms with Gasteiger partial charge >= 0.3 is 0 Å². The van der Waals surface area contributed by atoms with E-state index in [1.165, 1.54) is 0 Å². The fourth-order valence-corrected chi connectivity index (χ4v) is 5.33. The lowest BCUT2D eigenvalue weighted by molar-refractivity contribution is 0.139. The summed E-state index contributed by atoms with van der Waals surface area (Å²) in [6.45, 7) is 9.89. The molecular weight excluding hydrogens is 286 g/mol. The average molecular weight is 320 g/mol. The van der Waals surface area contributed by atoms with E-state index in [0.717, 1.165) is 32.2 Å². The predicted molar refractivity (Wildman–Crippen MR) is 88.3 cm³/mol. The molecule has 4 nitrogen and oxygen atoms in total. The molecule has 0 aliphatic heterocycles. The zero-order valence-electron chi connectivity index (χ0n) is 14.3. The number of sulfone groups is 1. The first-order valence-electron chi connectivity index (χ1n) is 8.22. The molecule has 1 N–H and O–H groups in total. The molecule has 5 heteroatoms. The van der Waals surface area contributed by atoms with Crippen molar-refractivity contribution < 1.29 is 13.2 Å². The van der Waals surface area contributed by atoms with Gasteiger partial charge < -0.3 is 10.1 Å². The Morgan fingerprint density at radius 2 is 1.90 bits per heavy atom. The third kappa shape index (κ3) is 4.93. The maximum Gasteiger partial charge on any atom is 0.156 e. The van der Waals surface area contributed by atoms with Crippen LogP contribution in [0.3, 0.4) is 0 Å². The Morgan fingerprint density at radius 1 is 1.24 bits per heavy atom. The minimum Gasteiger partial charge on any atom is -0.384 e. The lowest BCUT2D eigenvalue weighted by Crippen LogP contribution is -2.50. The summed E-state index contributed by atoms with van der Waals surface area (Å²) in [5.41, 5.74) is 0.214. The maximum atomic E-state index is 12.7. The van der Waals surface area contributed by atoms with Crippen LogP contribution >= 0.6 is 0 Å². The lowest BCUT2D eigenvalue weighted by Gasteiger charge is -2.43. The van der Waals surface area contributed by atoms with Gasteiger partial charge in [-0.2, -0.15) is 0 Å². The van der Waals surface area contributed by atoms with E-state index in [4.69, 9.17) is 4.74 Å². The predicted octanol–water partition coefficient (Wildman–Crippen LogP) is 2.63. The van der Waals surface area contributed by atoms with Gasteiger partial charge in [-0.05, 0) is 37.1 Å². The van der Waals surface area contributed by atoms with Crippen molar-refractivity contribution in [2.45, 2.75) is 64.7 Å². The quantitative estimate of drug-likeness (QED) is 0.747. The highest BCUT2D eigenvalue weighted by atomic mass is 32.2. The van der Waals surface area contributed by atoms with E-state index in [0.29, 0.717) is 12.5 Å². The second kappa shape index (κ2) is 7.93. The molecule has 1 aliphatic carbocycles. The van der Waals surface area contributed by atoms with Gasteiger partial charge in [0.25, 0.3) is 0 Å². The number of hydrogen-bond donors (Lipinski definition) is 1. The average Bonchev–Trinajstić information content (AvgIpc) is 2.45.